The zero-order chi connectivity index (χ0) is 24.1. The number of methoxy groups -OCH3 is 1. The molecule has 2 heterocycles. The average molecular weight is 480 g/mol. The predicted octanol–water partition coefficient (Wildman–Crippen LogP) is 5.16. The van der Waals surface area contributed by atoms with Crippen molar-refractivity contribution in [1.29, 1.82) is 0 Å². The summed E-state index contributed by atoms with van der Waals surface area (Å²) >= 11 is 1.47. The Balaban J connectivity index is 0.000000192. The first-order valence-corrected chi connectivity index (χ1v) is 12.0. The van der Waals surface area contributed by atoms with E-state index in [2.05, 4.69) is 48.5 Å². The fourth-order valence-corrected chi connectivity index (χ4v) is 5.50. The first-order chi connectivity index (χ1) is 16.4. The summed E-state index contributed by atoms with van der Waals surface area (Å²) in [5, 5.41) is -0.210. The molecule has 0 radical (unpaired) electrons. The number of amides is 1. The SMILES string of the molecule is COC(=O)C1(Oc2ccccc2F)CN2C(=O)C[C@H]2SC1C.c1ccc(-c2ccccc2)cc1. The molecular formula is C27H26FNO4S. The van der Waals surface area contributed by atoms with Crippen molar-refractivity contribution in [3.05, 3.63) is 90.7 Å². The minimum absolute atomic E-state index is 0.0215. The van der Waals surface area contributed by atoms with Gasteiger partial charge >= 0.3 is 5.97 Å². The Morgan fingerprint density at radius 3 is 2.06 bits per heavy atom. The molecule has 34 heavy (non-hydrogen) atoms. The van der Waals surface area contributed by atoms with Gasteiger partial charge < -0.3 is 14.4 Å². The summed E-state index contributed by atoms with van der Waals surface area (Å²) < 4.78 is 24.6. The van der Waals surface area contributed by atoms with Crippen LogP contribution in [0.5, 0.6) is 5.75 Å². The van der Waals surface area contributed by atoms with Gasteiger partial charge in [-0.2, -0.15) is 0 Å². The molecule has 3 aromatic rings. The zero-order valence-electron chi connectivity index (χ0n) is 19.0. The van der Waals surface area contributed by atoms with Crippen molar-refractivity contribution >= 4 is 23.6 Å². The number of thioether (sulfide) groups is 1. The fourth-order valence-electron chi connectivity index (χ4n) is 4.01. The summed E-state index contributed by atoms with van der Waals surface area (Å²) in [4.78, 5) is 25.7. The number of halogens is 1. The van der Waals surface area contributed by atoms with Crippen LogP contribution in [0.25, 0.3) is 11.1 Å². The van der Waals surface area contributed by atoms with Crippen LogP contribution in [0, 0.1) is 5.82 Å². The van der Waals surface area contributed by atoms with E-state index in [1.165, 1.54) is 42.1 Å². The number of fused-ring (bicyclic) bond motifs is 1. The Morgan fingerprint density at radius 2 is 1.53 bits per heavy atom. The third kappa shape index (κ3) is 4.80. The van der Waals surface area contributed by atoms with Gasteiger partial charge in [0.1, 0.15) is 0 Å². The van der Waals surface area contributed by atoms with Crippen molar-refractivity contribution in [3.63, 3.8) is 0 Å². The number of hydrogen-bond donors (Lipinski definition) is 0. The second-order valence-corrected chi connectivity index (χ2v) is 9.63. The van der Waals surface area contributed by atoms with Crippen molar-refractivity contribution in [3.8, 4) is 16.9 Å². The molecule has 2 saturated heterocycles. The number of carbonyl (C=O) groups excluding carboxylic acids is 2. The number of esters is 1. The Morgan fingerprint density at radius 1 is 0.971 bits per heavy atom. The number of hydrogen-bond acceptors (Lipinski definition) is 5. The smallest absolute Gasteiger partial charge is 0.353 e. The second-order valence-electron chi connectivity index (χ2n) is 8.10. The second kappa shape index (κ2) is 10.3. The van der Waals surface area contributed by atoms with Gasteiger partial charge in [0.2, 0.25) is 11.5 Å². The standard InChI is InChI=1S/C15H16FNO4S.C12H10/c1-9-15(14(19)20-2,8-17-12(18)7-13(17)22-9)21-11-6-4-3-5-10(11)16;1-3-7-11(8-4-1)12-9-5-2-6-10-12/h3-6,9,13H,7-8H2,1-2H3;1-10H/t9?,13-,15?;/m1./s1. The maximum absolute atomic E-state index is 13.9. The van der Waals surface area contributed by atoms with Crippen LogP contribution >= 0.6 is 11.8 Å². The summed E-state index contributed by atoms with van der Waals surface area (Å²) in [5.41, 5.74) is 1.14. The van der Waals surface area contributed by atoms with Crippen LogP contribution in [0.15, 0.2) is 84.9 Å². The lowest BCUT2D eigenvalue weighted by Crippen LogP contribution is -2.69. The fraction of sp³-hybridized carbons (Fsp3) is 0.259. The predicted molar refractivity (Wildman–Crippen MR) is 131 cm³/mol. The molecule has 5 nitrogen and oxygen atoms in total. The summed E-state index contributed by atoms with van der Waals surface area (Å²) in [6.07, 6.45) is 0.464. The maximum atomic E-state index is 13.9. The number of ether oxygens (including phenoxy) is 2. The molecular weight excluding hydrogens is 453 g/mol. The molecule has 5 rings (SSSR count). The summed E-state index contributed by atoms with van der Waals surface area (Å²) in [7, 11) is 1.26. The Kier molecular flexibility index (Phi) is 7.22. The lowest BCUT2D eigenvalue weighted by molar-refractivity contribution is -0.167. The van der Waals surface area contributed by atoms with E-state index >= 15 is 0 Å². The summed E-state index contributed by atoms with van der Waals surface area (Å²) in [6, 6.07) is 26.7. The van der Waals surface area contributed by atoms with Crippen molar-refractivity contribution in [2.24, 2.45) is 0 Å². The highest BCUT2D eigenvalue weighted by Gasteiger charge is 2.58. The van der Waals surface area contributed by atoms with Crippen molar-refractivity contribution in [2.75, 3.05) is 13.7 Å². The van der Waals surface area contributed by atoms with Gasteiger partial charge in [-0.25, -0.2) is 9.18 Å². The van der Waals surface area contributed by atoms with Gasteiger partial charge in [-0.15, -0.1) is 11.8 Å². The number of carbonyl (C=O) groups is 2. The molecule has 3 atom stereocenters. The molecule has 2 fully saturated rings. The van der Waals surface area contributed by atoms with E-state index in [-0.39, 0.29) is 28.8 Å². The number of benzene rings is 3. The maximum Gasteiger partial charge on any atom is 0.353 e. The van der Waals surface area contributed by atoms with E-state index in [1.807, 2.05) is 19.1 Å². The van der Waals surface area contributed by atoms with E-state index in [0.717, 1.165) is 0 Å². The molecule has 0 N–H and O–H groups in total. The molecule has 2 aliphatic rings. The molecule has 0 aliphatic carbocycles. The monoisotopic (exact) mass is 479 g/mol. The number of nitrogens with zero attached hydrogens (tertiary/aromatic N) is 1. The van der Waals surface area contributed by atoms with Gasteiger partial charge in [0.15, 0.2) is 11.6 Å². The van der Waals surface area contributed by atoms with E-state index < -0.39 is 17.4 Å². The van der Waals surface area contributed by atoms with Gasteiger partial charge in [0.25, 0.3) is 0 Å². The molecule has 3 aromatic carbocycles. The third-order valence-corrected chi connectivity index (χ3v) is 7.51. The van der Waals surface area contributed by atoms with Crippen molar-refractivity contribution < 1.29 is 23.5 Å². The zero-order valence-corrected chi connectivity index (χ0v) is 19.8. The van der Waals surface area contributed by atoms with E-state index in [0.29, 0.717) is 6.42 Å². The van der Waals surface area contributed by atoms with Crippen molar-refractivity contribution in [1.82, 2.24) is 4.90 Å². The minimum Gasteiger partial charge on any atom is -0.469 e. The molecule has 0 spiro atoms. The van der Waals surface area contributed by atoms with E-state index in [1.54, 1.807) is 17.0 Å². The summed E-state index contributed by atoms with van der Waals surface area (Å²) in [5.74, 6) is -1.21. The van der Waals surface area contributed by atoms with Crippen LogP contribution in [0.1, 0.15) is 13.3 Å². The van der Waals surface area contributed by atoms with Crippen LogP contribution in [-0.2, 0) is 14.3 Å². The normalized spacial score (nSPS) is 23.0. The highest BCUT2D eigenvalue weighted by atomic mass is 32.2. The number of rotatable bonds is 4. The largest absolute Gasteiger partial charge is 0.469 e. The van der Waals surface area contributed by atoms with Gasteiger partial charge in [-0.1, -0.05) is 72.8 Å². The van der Waals surface area contributed by atoms with Gasteiger partial charge in [0, 0.05) is 0 Å². The molecule has 176 valence electrons. The highest BCUT2D eigenvalue weighted by Crippen LogP contribution is 2.45. The molecule has 0 aromatic heterocycles. The Labute approximate surface area is 202 Å². The van der Waals surface area contributed by atoms with Crippen LogP contribution in [-0.4, -0.2) is 46.7 Å². The molecule has 2 aliphatic heterocycles. The quantitative estimate of drug-likeness (QED) is 0.382. The van der Waals surface area contributed by atoms with Gasteiger partial charge in [-0.3, -0.25) is 4.79 Å². The van der Waals surface area contributed by atoms with E-state index in [9.17, 15) is 14.0 Å². The molecule has 1 amide bonds. The van der Waals surface area contributed by atoms with Crippen LogP contribution < -0.4 is 4.74 Å². The number of β-lactam (4-membered cyclic amide) rings is 1. The number of para-hydroxylation sites is 1. The Bertz CT molecular complexity index is 1110. The molecule has 0 bridgehead atoms. The average Bonchev–Trinajstić information content (AvgIpc) is 2.88. The van der Waals surface area contributed by atoms with Crippen LogP contribution in [0.2, 0.25) is 0 Å². The lowest BCUT2D eigenvalue weighted by atomic mass is 9.96. The van der Waals surface area contributed by atoms with Crippen LogP contribution in [0.3, 0.4) is 0 Å². The topological polar surface area (TPSA) is 55.8 Å². The molecule has 7 heteroatoms. The van der Waals surface area contributed by atoms with Gasteiger partial charge in [0.05, 0.1) is 30.7 Å². The first kappa shape index (κ1) is 23.8. The highest BCUT2D eigenvalue weighted by molar-refractivity contribution is 8.00. The minimum atomic E-state index is -1.41. The Hall–Kier alpha value is -3.32. The van der Waals surface area contributed by atoms with Crippen molar-refractivity contribution in [2.45, 2.75) is 29.6 Å². The molecule has 2 unspecified atom stereocenters. The first-order valence-electron chi connectivity index (χ1n) is 11.0. The van der Waals surface area contributed by atoms with Crippen LogP contribution in [0.4, 0.5) is 4.39 Å². The lowest BCUT2D eigenvalue weighted by Gasteiger charge is -2.52. The van der Waals surface area contributed by atoms with Gasteiger partial charge in [-0.05, 0) is 30.2 Å². The summed E-state index contributed by atoms with van der Waals surface area (Å²) in [6.45, 7) is 1.91. The van der Waals surface area contributed by atoms with E-state index in [4.69, 9.17) is 9.47 Å². The third-order valence-electron chi connectivity index (χ3n) is 5.98. The molecule has 0 saturated carbocycles.